The Morgan fingerprint density at radius 2 is 2.20 bits per heavy atom. The Bertz CT molecular complexity index is 517. The maximum atomic E-state index is 12.2. The van der Waals surface area contributed by atoms with Crippen LogP contribution in [0.2, 0.25) is 0 Å². The predicted octanol–water partition coefficient (Wildman–Crippen LogP) is 2.47. The van der Waals surface area contributed by atoms with Gasteiger partial charge in [-0.15, -0.1) is 0 Å². The van der Waals surface area contributed by atoms with Crippen LogP contribution in [0, 0.1) is 11.3 Å². The van der Waals surface area contributed by atoms with Gasteiger partial charge in [0.1, 0.15) is 10.7 Å². The van der Waals surface area contributed by atoms with Crippen molar-refractivity contribution in [3.63, 3.8) is 0 Å². The molecule has 0 saturated heterocycles. The first-order chi connectivity index (χ1) is 9.50. The lowest BCUT2D eigenvalue weighted by Crippen LogP contribution is -2.32. The number of amides is 1. The van der Waals surface area contributed by atoms with E-state index in [0.29, 0.717) is 28.1 Å². The van der Waals surface area contributed by atoms with E-state index in [1.54, 1.807) is 0 Å². The third-order valence-electron chi connectivity index (χ3n) is 4.48. The molecular formula is C14H22N4OS. The number of carbonyl (C=O) groups excluding carboxylic acids is 1. The standard InChI is InChI=1S/C14H22N4OS/c1-8(2)14(5-6-14)7-16-12(19)10-11(15)18-13(20-10)17-9-3-4-9/h8-9H,3-7,15H2,1-2H3,(H,16,19)(H,17,18). The molecule has 1 aromatic heterocycles. The number of nitrogen functional groups attached to an aromatic ring is 1. The molecule has 0 spiro atoms. The highest BCUT2D eigenvalue weighted by Crippen LogP contribution is 2.51. The van der Waals surface area contributed by atoms with Crippen molar-refractivity contribution in [3.8, 4) is 0 Å². The maximum Gasteiger partial charge on any atom is 0.265 e. The Morgan fingerprint density at radius 1 is 1.50 bits per heavy atom. The Hall–Kier alpha value is -1.30. The van der Waals surface area contributed by atoms with Crippen LogP contribution in [0.15, 0.2) is 0 Å². The summed E-state index contributed by atoms with van der Waals surface area (Å²) in [6.07, 6.45) is 4.77. The molecule has 1 heterocycles. The molecule has 0 atom stereocenters. The van der Waals surface area contributed by atoms with Crippen molar-refractivity contribution < 1.29 is 4.79 Å². The van der Waals surface area contributed by atoms with E-state index in [-0.39, 0.29) is 5.91 Å². The summed E-state index contributed by atoms with van der Waals surface area (Å²) in [5.41, 5.74) is 6.16. The molecule has 1 aromatic rings. The first-order valence-electron chi connectivity index (χ1n) is 7.31. The van der Waals surface area contributed by atoms with Crippen LogP contribution in [0.25, 0.3) is 0 Å². The minimum absolute atomic E-state index is 0.0872. The molecule has 5 nitrogen and oxygen atoms in total. The molecule has 6 heteroatoms. The highest BCUT2D eigenvalue weighted by molar-refractivity contribution is 7.18. The fraction of sp³-hybridized carbons (Fsp3) is 0.714. The summed E-state index contributed by atoms with van der Waals surface area (Å²) in [4.78, 5) is 17.0. The number of carbonyl (C=O) groups is 1. The van der Waals surface area contributed by atoms with Gasteiger partial charge in [0, 0.05) is 12.6 Å². The van der Waals surface area contributed by atoms with Crippen molar-refractivity contribution in [2.45, 2.75) is 45.6 Å². The normalized spacial score (nSPS) is 19.9. The summed E-state index contributed by atoms with van der Waals surface area (Å²) in [7, 11) is 0. The summed E-state index contributed by atoms with van der Waals surface area (Å²) in [6.45, 7) is 5.18. The van der Waals surface area contributed by atoms with Crippen LogP contribution in [0.4, 0.5) is 10.9 Å². The van der Waals surface area contributed by atoms with Crippen LogP contribution in [0.3, 0.4) is 0 Å². The van der Waals surface area contributed by atoms with Gasteiger partial charge in [-0.3, -0.25) is 4.79 Å². The number of aromatic nitrogens is 1. The third-order valence-corrected chi connectivity index (χ3v) is 5.48. The number of anilines is 2. The summed E-state index contributed by atoms with van der Waals surface area (Å²) in [6, 6.07) is 0.520. The van der Waals surface area contributed by atoms with Crippen LogP contribution in [-0.4, -0.2) is 23.5 Å². The molecule has 2 aliphatic carbocycles. The molecule has 0 radical (unpaired) electrons. The molecule has 1 amide bonds. The van der Waals surface area contributed by atoms with Gasteiger partial charge in [0.05, 0.1) is 0 Å². The summed E-state index contributed by atoms with van der Waals surface area (Å²) in [5, 5.41) is 7.08. The molecule has 2 saturated carbocycles. The fourth-order valence-electron chi connectivity index (χ4n) is 2.41. The third kappa shape index (κ3) is 2.75. The molecule has 0 bridgehead atoms. The Balaban J connectivity index is 1.60. The highest BCUT2D eigenvalue weighted by Gasteiger charge is 2.45. The molecule has 0 aromatic carbocycles. The van der Waals surface area contributed by atoms with E-state index in [9.17, 15) is 4.79 Å². The van der Waals surface area contributed by atoms with Gasteiger partial charge in [0.25, 0.3) is 5.91 Å². The second-order valence-corrected chi connectivity index (χ2v) is 7.35. The largest absolute Gasteiger partial charge is 0.382 e. The summed E-state index contributed by atoms with van der Waals surface area (Å²) in [5.74, 6) is 0.856. The van der Waals surface area contributed by atoms with Crippen LogP contribution in [-0.2, 0) is 0 Å². The van der Waals surface area contributed by atoms with Crippen molar-refractivity contribution in [1.29, 1.82) is 0 Å². The van der Waals surface area contributed by atoms with E-state index >= 15 is 0 Å². The molecule has 20 heavy (non-hydrogen) atoms. The van der Waals surface area contributed by atoms with Crippen molar-refractivity contribution >= 4 is 28.2 Å². The van der Waals surface area contributed by atoms with E-state index in [1.165, 1.54) is 37.0 Å². The highest BCUT2D eigenvalue weighted by atomic mass is 32.1. The van der Waals surface area contributed by atoms with E-state index in [2.05, 4.69) is 29.5 Å². The molecule has 110 valence electrons. The van der Waals surface area contributed by atoms with Gasteiger partial charge < -0.3 is 16.4 Å². The molecule has 2 fully saturated rings. The van der Waals surface area contributed by atoms with Gasteiger partial charge in [-0.2, -0.15) is 0 Å². The van der Waals surface area contributed by atoms with Crippen LogP contribution >= 0.6 is 11.3 Å². The van der Waals surface area contributed by atoms with Gasteiger partial charge in [-0.25, -0.2) is 4.98 Å². The average molecular weight is 294 g/mol. The Kier molecular flexibility index (Phi) is 3.36. The first-order valence-corrected chi connectivity index (χ1v) is 8.13. The topological polar surface area (TPSA) is 80.0 Å². The lowest BCUT2D eigenvalue weighted by Gasteiger charge is -2.19. The number of rotatable bonds is 6. The van der Waals surface area contributed by atoms with E-state index < -0.39 is 0 Å². The number of nitrogens with one attached hydrogen (secondary N) is 2. The SMILES string of the molecule is CC(C)C1(CNC(=O)c2sc(NC3CC3)nc2N)CC1. The molecular weight excluding hydrogens is 272 g/mol. The Morgan fingerprint density at radius 3 is 2.75 bits per heavy atom. The van der Waals surface area contributed by atoms with Crippen molar-refractivity contribution in [3.05, 3.63) is 4.88 Å². The lowest BCUT2D eigenvalue weighted by molar-refractivity contribution is 0.0944. The zero-order valence-electron chi connectivity index (χ0n) is 12.0. The maximum absolute atomic E-state index is 12.2. The van der Waals surface area contributed by atoms with E-state index in [0.717, 1.165) is 11.7 Å². The number of nitrogens with zero attached hydrogens (tertiary/aromatic N) is 1. The quantitative estimate of drug-likeness (QED) is 0.753. The van der Waals surface area contributed by atoms with Crippen LogP contribution in [0.1, 0.15) is 49.2 Å². The van der Waals surface area contributed by atoms with Crippen molar-refractivity contribution in [2.75, 3.05) is 17.6 Å². The average Bonchev–Trinajstić information content (AvgIpc) is 3.28. The molecule has 0 unspecified atom stereocenters. The number of hydrogen-bond donors (Lipinski definition) is 3. The molecule has 2 aliphatic rings. The van der Waals surface area contributed by atoms with Crippen LogP contribution in [0.5, 0.6) is 0 Å². The molecule has 4 N–H and O–H groups in total. The summed E-state index contributed by atoms with van der Waals surface area (Å²) < 4.78 is 0. The monoisotopic (exact) mass is 294 g/mol. The predicted molar refractivity (Wildman–Crippen MR) is 82.0 cm³/mol. The smallest absolute Gasteiger partial charge is 0.265 e. The molecule has 3 rings (SSSR count). The lowest BCUT2D eigenvalue weighted by atomic mass is 9.92. The first kappa shape index (κ1) is 13.7. The van der Waals surface area contributed by atoms with E-state index in [4.69, 9.17) is 5.73 Å². The minimum Gasteiger partial charge on any atom is -0.382 e. The second kappa shape index (κ2) is 4.91. The number of hydrogen-bond acceptors (Lipinski definition) is 5. The second-order valence-electron chi connectivity index (χ2n) is 6.35. The van der Waals surface area contributed by atoms with Gasteiger partial charge in [-0.05, 0) is 37.0 Å². The fourth-order valence-corrected chi connectivity index (χ4v) is 3.29. The van der Waals surface area contributed by atoms with Crippen molar-refractivity contribution in [1.82, 2.24) is 10.3 Å². The molecule has 0 aliphatic heterocycles. The van der Waals surface area contributed by atoms with Gasteiger partial charge in [0.15, 0.2) is 5.13 Å². The number of nitrogens with two attached hydrogens (primary N) is 1. The zero-order chi connectivity index (χ0) is 14.3. The Labute approximate surface area is 123 Å². The van der Waals surface area contributed by atoms with E-state index in [1.807, 2.05) is 0 Å². The van der Waals surface area contributed by atoms with Gasteiger partial charge >= 0.3 is 0 Å². The van der Waals surface area contributed by atoms with Gasteiger partial charge in [0.2, 0.25) is 0 Å². The minimum atomic E-state index is -0.0872. The summed E-state index contributed by atoms with van der Waals surface area (Å²) >= 11 is 1.36. The van der Waals surface area contributed by atoms with Crippen LogP contribution < -0.4 is 16.4 Å². The van der Waals surface area contributed by atoms with Gasteiger partial charge in [-0.1, -0.05) is 25.2 Å². The number of thiazole rings is 1. The zero-order valence-corrected chi connectivity index (χ0v) is 12.8. The van der Waals surface area contributed by atoms with Crippen molar-refractivity contribution in [2.24, 2.45) is 11.3 Å².